The number of aromatic hydroxyl groups is 1. The maximum atomic E-state index is 13.5. The number of guanidine groups is 2. The zero-order chi connectivity index (χ0) is 31.1. The molecule has 16 nitrogen and oxygen atoms in total. The molecule has 16 heteroatoms. The molecule has 1 aliphatic rings. The molecule has 3 amide bonds. The predicted octanol–water partition coefficient (Wildman–Crippen LogP) is -2.67. The highest BCUT2D eigenvalue weighted by Gasteiger charge is 2.31. The number of hydrogen-bond donors (Lipinski definition) is 10. The van der Waals surface area contributed by atoms with E-state index >= 15 is 0 Å². The van der Waals surface area contributed by atoms with Crippen LogP contribution in [-0.4, -0.2) is 89.6 Å². The number of phenolic OH excluding ortho intramolecular Hbond substituents is 1. The maximum Gasteiger partial charge on any atom is 0.326 e. The highest BCUT2D eigenvalue weighted by atomic mass is 16.4. The number of carbonyl (C=O) groups is 4. The van der Waals surface area contributed by atoms with E-state index in [0.717, 1.165) is 6.42 Å². The van der Waals surface area contributed by atoms with Gasteiger partial charge in [0.25, 0.3) is 0 Å². The first-order valence-corrected chi connectivity index (χ1v) is 13.7. The van der Waals surface area contributed by atoms with Crippen molar-refractivity contribution in [2.24, 2.45) is 32.9 Å². The fraction of sp³-hybridized carbons (Fsp3) is 0.538. The molecule has 1 saturated heterocycles. The standard InChI is InChI=1S/C26H42N10O6/c27-25(28)32-12-2-5-18(22(39)35-19(24(41)42)6-3-13-33-26(29)30)34-23(40)20(14-15-7-9-16(37)10-8-15)36-21(38)17-4-1-11-31-17/h7-10,17-20,31,37H,1-6,11-14H2,(H,34,40)(H,35,39)(H,36,38)(H,41,42)(H4,27,28,32)(H4,29,30,33). The van der Waals surface area contributed by atoms with Crippen molar-refractivity contribution < 1.29 is 29.4 Å². The minimum atomic E-state index is -1.26. The summed E-state index contributed by atoms with van der Waals surface area (Å²) in [5, 5.41) is 30.2. The van der Waals surface area contributed by atoms with Crippen molar-refractivity contribution in [2.75, 3.05) is 19.6 Å². The van der Waals surface area contributed by atoms with E-state index in [-0.39, 0.29) is 62.3 Å². The van der Waals surface area contributed by atoms with Gasteiger partial charge in [-0.15, -0.1) is 0 Å². The topological polar surface area (TPSA) is 286 Å². The van der Waals surface area contributed by atoms with Crippen LogP contribution >= 0.6 is 0 Å². The first-order valence-electron chi connectivity index (χ1n) is 13.7. The summed E-state index contributed by atoms with van der Waals surface area (Å²) in [5.41, 5.74) is 22.0. The summed E-state index contributed by atoms with van der Waals surface area (Å²) in [5.74, 6) is -3.21. The van der Waals surface area contributed by atoms with Gasteiger partial charge in [-0.2, -0.15) is 0 Å². The number of rotatable bonds is 17. The molecule has 1 aromatic carbocycles. The van der Waals surface area contributed by atoms with Gasteiger partial charge in [0.05, 0.1) is 6.04 Å². The number of nitrogens with zero attached hydrogens (tertiary/aromatic N) is 2. The van der Waals surface area contributed by atoms with Crippen LogP contribution in [0.3, 0.4) is 0 Å². The molecule has 0 radical (unpaired) electrons. The molecule has 4 unspecified atom stereocenters. The first kappa shape index (κ1) is 33.6. The molecule has 1 fully saturated rings. The summed E-state index contributed by atoms with van der Waals surface area (Å²) in [6.07, 6.45) is 2.22. The Morgan fingerprint density at radius 2 is 1.40 bits per heavy atom. The Kier molecular flexibility index (Phi) is 13.8. The molecule has 1 aliphatic heterocycles. The lowest BCUT2D eigenvalue weighted by Crippen LogP contribution is -2.57. The molecule has 0 saturated carbocycles. The van der Waals surface area contributed by atoms with Gasteiger partial charge < -0.3 is 54.4 Å². The number of hydrogen-bond acceptors (Lipinski definition) is 8. The molecule has 1 aromatic rings. The Morgan fingerprint density at radius 1 is 0.857 bits per heavy atom. The Labute approximate surface area is 243 Å². The zero-order valence-corrected chi connectivity index (χ0v) is 23.4. The largest absolute Gasteiger partial charge is 0.508 e. The molecule has 1 heterocycles. The maximum absolute atomic E-state index is 13.5. The number of nitrogens with one attached hydrogen (secondary N) is 4. The summed E-state index contributed by atoms with van der Waals surface area (Å²) in [6, 6.07) is 2.23. The number of amides is 3. The molecule has 0 aromatic heterocycles. The number of benzene rings is 1. The lowest BCUT2D eigenvalue weighted by molar-refractivity contribution is -0.142. The first-order chi connectivity index (χ1) is 20.0. The van der Waals surface area contributed by atoms with E-state index in [1.807, 2.05) is 0 Å². The second-order valence-electron chi connectivity index (χ2n) is 9.94. The Balaban J connectivity index is 2.20. The Morgan fingerprint density at radius 3 is 1.93 bits per heavy atom. The van der Waals surface area contributed by atoms with Gasteiger partial charge in [-0.25, -0.2) is 4.79 Å². The second kappa shape index (κ2) is 17.3. The number of carboxylic acids is 1. The number of aliphatic carboxylic acids is 1. The van der Waals surface area contributed by atoms with Crippen LogP contribution < -0.4 is 44.2 Å². The molecule has 0 spiro atoms. The van der Waals surface area contributed by atoms with E-state index in [1.54, 1.807) is 12.1 Å². The average molecular weight is 591 g/mol. The third-order valence-electron chi connectivity index (χ3n) is 6.52. The third-order valence-corrected chi connectivity index (χ3v) is 6.52. The van der Waals surface area contributed by atoms with Crippen molar-refractivity contribution >= 4 is 35.6 Å². The Hall–Kier alpha value is -4.60. The molecule has 42 heavy (non-hydrogen) atoms. The summed E-state index contributed by atoms with van der Waals surface area (Å²) in [4.78, 5) is 59.2. The van der Waals surface area contributed by atoms with Gasteiger partial charge >= 0.3 is 5.97 Å². The van der Waals surface area contributed by atoms with Crippen molar-refractivity contribution in [3.63, 3.8) is 0 Å². The molecular weight excluding hydrogens is 548 g/mol. The van der Waals surface area contributed by atoms with Gasteiger partial charge in [-0.3, -0.25) is 24.4 Å². The van der Waals surface area contributed by atoms with Gasteiger partial charge in [-0.1, -0.05) is 12.1 Å². The van der Waals surface area contributed by atoms with Crippen molar-refractivity contribution in [3.8, 4) is 5.75 Å². The van der Waals surface area contributed by atoms with Gasteiger partial charge in [-0.05, 0) is 62.8 Å². The average Bonchev–Trinajstić information content (AvgIpc) is 3.47. The van der Waals surface area contributed by atoms with Crippen LogP contribution in [0.4, 0.5) is 0 Å². The summed E-state index contributed by atoms with van der Waals surface area (Å²) < 4.78 is 0. The van der Waals surface area contributed by atoms with E-state index in [9.17, 15) is 29.4 Å². The van der Waals surface area contributed by atoms with Gasteiger partial charge in [0.1, 0.15) is 23.9 Å². The highest BCUT2D eigenvalue weighted by Crippen LogP contribution is 2.13. The van der Waals surface area contributed by atoms with Crippen LogP contribution in [0.5, 0.6) is 5.75 Å². The third kappa shape index (κ3) is 12.3. The summed E-state index contributed by atoms with van der Waals surface area (Å²) >= 11 is 0. The van der Waals surface area contributed by atoms with Crippen LogP contribution in [0.1, 0.15) is 44.1 Å². The van der Waals surface area contributed by atoms with Crippen molar-refractivity contribution in [2.45, 2.75) is 69.1 Å². The minimum absolute atomic E-state index is 0.0421. The van der Waals surface area contributed by atoms with E-state index in [0.29, 0.717) is 24.9 Å². The number of nitrogens with two attached hydrogens (primary N) is 4. The minimum Gasteiger partial charge on any atom is -0.508 e. The normalized spacial score (nSPS) is 16.3. The highest BCUT2D eigenvalue weighted by molar-refractivity contribution is 5.94. The van der Waals surface area contributed by atoms with Crippen LogP contribution in [0.25, 0.3) is 0 Å². The van der Waals surface area contributed by atoms with Gasteiger partial charge in [0, 0.05) is 19.5 Å². The quantitative estimate of drug-likeness (QED) is 0.0507. The van der Waals surface area contributed by atoms with Crippen LogP contribution in [0, 0.1) is 0 Å². The molecule has 0 aliphatic carbocycles. The summed E-state index contributed by atoms with van der Waals surface area (Å²) in [7, 11) is 0. The zero-order valence-electron chi connectivity index (χ0n) is 23.4. The lowest BCUT2D eigenvalue weighted by atomic mass is 10.0. The van der Waals surface area contributed by atoms with Gasteiger partial charge in [0.15, 0.2) is 11.9 Å². The number of aliphatic imine (C=N–C) groups is 2. The molecule has 14 N–H and O–H groups in total. The number of carboxylic acid groups (broad SMARTS) is 1. The fourth-order valence-corrected chi connectivity index (χ4v) is 4.34. The van der Waals surface area contributed by atoms with Crippen molar-refractivity contribution in [1.82, 2.24) is 21.3 Å². The van der Waals surface area contributed by atoms with Crippen LogP contribution in [-0.2, 0) is 25.6 Å². The van der Waals surface area contributed by atoms with Crippen LogP contribution in [0.2, 0.25) is 0 Å². The predicted molar refractivity (Wildman–Crippen MR) is 156 cm³/mol. The molecule has 0 bridgehead atoms. The van der Waals surface area contributed by atoms with E-state index < -0.39 is 42.0 Å². The summed E-state index contributed by atoms with van der Waals surface area (Å²) in [6.45, 7) is 1.03. The fourth-order valence-electron chi connectivity index (χ4n) is 4.34. The van der Waals surface area contributed by atoms with E-state index in [4.69, 9.17) is 22.9 Å². The monoisotopic (exact) mass is 590 g/mol. The molecule has 232 valence electrons. The SMILES string of the molecule is NC(N)=NCCCC(NC(=O)C(CCCN=C(N)N)NC(=O)C(Cc1ccc(O)cc1)NC(=O)C1CCCN1)C(=O)O. The molecule has 2 rings (SSSR count). The van der Waals surface area contributed by atoms with Crippen molar-refractivity contribution in [3.05, 3.63) is 29.8 Å². The number of phenols is 1. The molecule has 4 atom stereocenters. The second-order valence-corrected chi connectivity index (χ2v) is 9.94. The Bertz CT molecular complexity index is 1110. The molecular formula is C26H42N10O6. The van der Waals surface area contributed by atoms with E-state index in [1.165, 1.54) is 12.1 Å². The lowest BCUT2D eigenvalue weighted by Gasteiger charge is -2.25. The van der Waals surface area contributed by atoms with E-state index in [2.05, 4.69) is 31.3 Å². The van der Waals surface area contributed by atoms with Crippen LogP contribution in [0.15, 0.2) is 34.3 Å². The van der Waals surface area contributed by atoms with Gasteiger partial charge in [0.2, 0.25) is 17.7 Å². The number of carbonyl (C=O) groups excluding carboxylic acids is 3. The van der Waals surface area contributed by atoms with Crippen molar-refractivity contribution in [1.29, 1.82) is 0 Å². The smallest absolute Gasteiger partial charge is 0.326 e.